The zero-order chi connectivity index (χ0) is 19.2. The zero-order valence-corrected chi connectivity index (χ0v) is 15.6. The number of benzene rings is 2. The van der Waals surface area contributed by atoms with Crippen LogP contribution in [0.4, 0.5) is 0 Å². The molecule has 0 bridgehead atoms. The van der Waals surface area contributed by atoms with Gasteiger partial charge in [0.15, 0.2) is 17.1 Å². The van der Waals surface area contributed by atoms with E-state index in [1.165, 1.54) is 0 Å². The van der Waals surface area contributed by atoms with Gasteiger partial charge in [0.05, 0.1) is 19.9 Å². The lowest BCUT2D eigenvalue weighted by molar-refractivity contribution is 0.0929. The van der Waals surface area contributed by atoms with E-state index in [4.69, 9.17) is 13.9 Å². The van der Waals surface area contributed by atoms with Gasteiger partial charge in [0.2, 0.25) is 0 Å². The molecule has 1 aromatic heterocycles. The fraction of sp³-hybridized carbons (Fsp3) is 0.238. The molecule has 0 atom stereocenters. The van der Waals surface area contributed by atoms with Gasteiger partial charge in [-0.3, -0.25) is 4.79 Å². The van der Waals surface area contributed by atoms with Crippen molar-refractivity contribution in [3.05, 3.63) is 59.9 Å². The Kier molecular flexibility index (Phi) is 5.76. The van der Waals surface area contributed by atoms with Crippen molar-refractivity contribution < 1.29 is 18.7 Å². The summed E-state index contributed by atoms with van der Waals surface area (Å²) in [4.78, 5) is 12.2. The van der Waals surface area contributed by atoms with Gasteiger partial charge in [0.25, 0.3) is 0 Å². The number of hydrogen-bond acceptors (Lipinski definition) is 5. The lowest BCUT2D eigenvalue weighted by Gasteiger charge is -2.08. The van der Waals surface area contributed by atoms with E-state index in [9.17, 15) is 4.79 Å². The molecule has 0 saturated heterocycles. The molecule has 0 spiro atoms. The summed E-state index contributed by atoms with van der Waals surface area (Å²) >= 11 is 0. The third-order valence-corrected chi connectivity index (χ3v) is 3.79. The maximum absolute atomic E-state index is 12.2. The summed E-state index contributed by atoms with van der Waals surface area (Å²) < 4.78 is 16.5. The fourth-order valence-corrected chi connectivity index (χ4v) is 2.44. The Morgan fingerprint density at radius 1 is 1.22 bits per heavy atom. The van der Waals surface area contributed by atoms with Gasteiger partial charge in [-0.1, -0.05) is 26.0 Å². The van der Waals surface area contributed by atoms with E-state index in [-0.39, 0.29) is 5.76 Å². The fourth-order valence-electron chi connectivity index (χ4n) is 2.44. The molecule has 1 N–H and O–H groups in total. The Hall–Kier alpha value is -3.28. The summed E-state index contributed by atoms with van der Waals surface area (Å²) in [5.74, 6) is 1.60. The number of nitrogens with zero attached hydrogens (tertiary/aromatic N) is 1. The van der Waals surface area contributed by atoms with E-state index in [1.807, 2.05) is 36.4 Å². The number of methoxy groups -OCH3 is 1. The van der Waals surface area contributed by atoms with Gasteiger partial charge in [-0.25, -0.2) is 5.43 Å². The number of ether oxygens (including phenoxy) is 2. The van der Waals surface area contributed by atoms with E-state index in [1.54, 1.807) is 25.5 Å². The molecule has 6 heteroatoms. The van der Waals surface area contributed by atoms with Gasteiger partial charge in [0.1, 0.15) is 5.75 Å². The predicted molar refractivity (Wildman–Crippen MR) is 105 cm³/mol. The van der Waals surface area contributed by atoms with Crippen molar-refractivity contribution in [3.8, 4) is 11.5 Å². The number of amides is 1. The van der Waals surface area contributed by atoms with Crippen molar-refractivity contribution in [1.82, 2.24) is 5.43 Å². The van der Waals surface area contributed by atoms with Crippen molar-refractivity contribution in [1.29, 1.82) is 0 Å². The minimum absolute atomic E-state index is 0.170. The van der Waals surface area contributed by atoms with Crippen LogP contribution in [0.3, 0.4) is 0 Å². The number of fused-ring (bicyclic) bond motifs is 1. The first-order chi connectivity index (χ1) is 13.1. The monoisotopic (exact) mass is 366 g/mol. The average Bonchev–Trinajstić information content (AvgIpc) is 3.11. The second-order valence-electron chi connectivity index (χ2n) is 6.46. The number of nitrogens with one attached hydrogen (secondary N) is 1. The van der Waals surface area contributed by atoms with E-state index in [2.05, 4.69) is 24.4 Å². The molecular weight excluding hydrogens is 344 g/mol. The summed E-state index contributed by atoms with van der Waals surface area (Å²) in [6, 6.07) is 14.6. The largest absolute Gasteiger partial charge is 0.493 e. The molecule has 0 aliphatic carbocycles. The van der Waals surface area contributed by atoms with Crippen LogP contribution < -0.4 is 14.9 Å². The molecular formula is C21H22N2O4. The molecule has 2 aromatic carbocycles. The number of hydrogen-bond donors (Lipinski definition) is 1. The first kappa shape index (κ1) is 18.5. The number of carbonyl (C=O) groups is 1. The number of carbonyl (C=O) groups excluding carboxylic acids is 1. The molecule has 0 fully saturated rings. The first-order valence-corrected chi connectivity index (χ1v) is 8.69. The number of furan rings is 1. The van der Waals surface area contributed by atoms with E-state index in [0.717, 1.165) is 16.7 Å². The highest BCUT2D eigenvalue weighted by atomic mass is 16.5. The average molecular weight is 366 g/mol. The molecule has 0 aliphatic heterocycles. The third kappa shape index (κ3) is 4.67. The standard InChI is InChI=1S/C21H22N2O4/c1-14(2)13-26-17-9-7-15(8-10-17)12-22-23-21(24)19-11-16-5-4-6-18(25-3)20(16)27-19/h4-12,14H,13H2,1-3H3,(H,23,24)/b22-12-. The quantitative estimate of drug-likeness (QED) is 0.501. The van der Waals surface area contributed by atoms with E-state index < -0.39 is 5.91 Å². The Balaban J connectivity index is 1.61. The van der Waals surface area contributed by atoms with Gasteiger partial charge < -0.3 is 13.9 Å². The molecule has 0 radical (unpaired) electrons. The second kappa shape index (κ2) is 8.40. The topological polar surface area (TPSA) is 73.1 Å². The molecule has 6 nitrogen and oxygen atoms in total. The summed E-state index contributed by atoms with van der Waals surface area (Å²) in [6.45, 7) is 4.87. The molecule has 1 heterocycles. The summed E-state index contributed by atoms with van der Waals surface area (Å²) in [5, 5.41) is 4.77. The molecule has 3 aromatic rings. The molecule has 27 heavy (non-hydrogen) atoms. The van der Waals surface area contributed by atoms with Crippen LogP contribution in [0.15, 0.2) is 58.0 Å². The van der Waals surface area contributed by atoms with Crippen LogP contribution in [0.1, 0.15) is 30.0 Å². The van der Waals surface area contributed by atoms with Crippen LogP contribution in [0, 0.1) is 5.92 Å². The number of rotatable bonds is 7. The summed E-state index contributed by atoms with van der Waals surface area (Å²) in [6.07, 6.45) is 1.56. The normalized spacial score (nSPS) is 11.3. The smallest absolute Gasteiger partial charge is 0.307 e. The van der Waals surface area contributed by atoms with Crippen LogP contribution in [-0.2, 0) is 0 Å². The number of para-hydroxylation sites is 1. The van der Waals surface area contributed by atoms with Gasteiger partial charge in [0, 0.05) is 5.39 Å². The van der Waals surface area contributed by atoms with Crippen molar-refractivity contribution in [2.45, 2.75) is 13.8 Å². The van der Waals surface area contributed by atoms with Crippen molar-refractivity contribution in [3.63, 3.8) is 0 Å². The molecule has 1 amide bonds. The highest BCUT2D eigenvalue weighted by molar-refractivity contribution is 5.97. The lowest BCUT2D eigenvalue weighted by atomic mass is 10.2. The molecule has 0 unspecified atom stereocenters. The van der Waals surface area contributed by atoms with Gasteiger partial charge in [-0.05, 0) is 47.9 Å². The second-order valence-corrected chi connectivity index (χ2v) is 6.46. The van der Waals surface area contributed by atoms with Gasteiger partial charge in [-0.2, -0.15) is 5.10 Å². The molecule has 0 saturated carbocycles. The van der Waals surface area contributed by atoms with Crippen LogP contribution in [0.2, 0.25) is 0 Å². The zero-order valence-electron chi connectivity index (χ0n) is 15.6. The van der Waals surface area contributed by atoms with E-state index >= 15 is 0 Å². The first-order valence-electron chi connectivity index (χ1n) is 8.69. The van der Waals surface area contributed by atoms with Crippen molar-refractivity contribution >= 4 is 23.1 Å². The SMILES string of the molecule is COc1cccc2cc(C(=O)N/N=C\c3ccc(OCC(C)C)cc3)oc12. The highest BCUT2D eigenvalue weighted by Crippen LogP contribution is 2.28. The Labute approximate surface area is 157 Å². The molecule has 0 aliphatic rings. The third-order valence-electron chi connectivity index (χ3n) is 3.79. The van der Waals surface area contributed by atoms with Crippen LogP contribution in [-0.4, -0.2) is 25.8 Å². The van der Waals surface area contributed by atoms with Crippen LogP contribution in [0.5, 0.6) is 11.5 Å². The minimum atomic E-state index is -0.429. The Morgan fingerprint density at radius 2 is 2.00 bits per heavy atom. The Morgan fingerprint density at radius 3 is 2.70 bits per heavy atom. The highest BCUT2D eigenvalue weighted by Gasteiger charge is 2.14. The van der Waals surface area contributed by atoms with Crippen molar-refractivity contribution in [2.75, 3.05) is 13.7 Å². The summed E-state index contributed by atoms with van der Waals surface area (Å²) in [5.41, 5.74) is 3.84. The van der Waals surface area contributed by atoms with Gasteiger partial charge in [-0.15, -0.1) is 0 Å². The molecule has 3 rings (SSSR count). The van der Waals surface area contributed by atoms with Gasteiger partial charge >= 0.3 is 5.91 Å². The lowest BCUT2D eigenvalue weighted by Crippen LogP contribution is -2.16. The van der Waals surface area contributed by atoms with Crippen LogP contribution in [0.25, 0.3) is 11.0 Å². The maximum atomic E-state index is 12.2. The molecule has 140 valence electrons. The predicted octanol–water partition coefficient (Wildman–Crippen LogP) is 4.24. The Bertz CT molecular complexity index is 942. The van der Waals surface area contributed by atoms with Crippen LogP contribution >= 0.6 is 0 Å². The summed E-state index contributed by atoms with van der Waals surface area (Å²) in [7, 11) is 1.56. The van der Waals surface area contributed by atoms with E-state index in [0.29, 0.717) is 23.9 Å². The minimum Gasteiger partial charge on any atom is -0.493 e. The number of hydrazone groups is 1. The van der Waals surface area contributed by atoms with Crippen molar-refractivity contribution in [2.24, 2.45) is 11.0 Å². The maximum Gasteiger partial charge on any atom is 0.307 e.